The van der Waals surface area contributed by atoms with E-state index in [1.165, 1.54) is 32.1 Å². The molecule has 1 aliphatic carbocycles. The molecule has 3 heterocycles. The summed E-state index contributed by atoms with van der Waals surface area (Å²) in [6, 6.07) is 14.5. The summed E-state index contributed by atoms with van der Waals surface area (Å²) in [7, 11) is 0. The first kappa shape index (κ1) is 18.0. The fourth-order valence-corrected chi connectivity index (χ4v) is 4.63. The van der Waals surface area contributed by atoms with Gasteiger partial charge in [-0.25, -0.2) is 0 Å². The largest absolute Gasteiger partial charge is 0.272 e. The van der Waals surface area contributed by atoms with Crippen molar-refractivity contribution in [2.45, 2.75) is 45.6 Å². The van der Waals surface area contributed by atoms with Gasteiger partial charge in [-0.15, -0.1) is 0 Å². The molecule has 29 heavy (non-hydrogen) atoms. The van der Waals surface area contributed by atoms with Gasteiger partial charge in [0, 0.05) is 47.2 Å². The van der Waals surface area contributed by atoms with Crippen molar-refractivity contribution in [3.8, 4) is 22.4 Å². The number of hydrogen-bond acceptors (Lipinski definition) is 3. The molecule has 1 aromatic carbocycles. The molecule has 0 radical (unpaired) electrons. The van der Waals surface area contributed by atoms with Crippen LogP contribution in [0.1, 0.15) is 39.0 Å². The smallest absolute Gasteiger partial charge is 0.0782 e. The Balaban J connectivity index is 1.48. The van der Waals surface area contributed by atoms with Crippen LogP contribution in [0.15, 0.2) is 67.3 Å². The van der Waals surface area contributed by atoms with Crippen LogP contribution in [0.5, 0.6) is 0 Å². The van der Waals surface area contributed by atoms with Gasteiger partial charge in [0.05, 0.1) is 17.4 Å². The lowest BCUT2D eigenvalue weighted by molar-refractivity contribution is 0.176. The van der Waals surface area contributed by atoms with Crippen LogP contribution in [0, 0.1) is 5.41 Å². The minimum Gasteiger partial charge on any atom is -0.272 e. The molecule has 1 saturated carbocycles. The third kappa shape index (κ3) is 3.67. The second-order valence-electron chi connectivity index (χ2n) is 8.61. The summed E-state index contributed by atoms with van der Waals surface area (Å²) in [4.78, 5) is 9.21. The van der Waals surface area contributed by atoms with E-state index in [0.29, 0.717) is 5.41 Å². The van der Waals surface area contributed by atoms with Crippen LogP contribution in [0.3, 0.4) is 0 Å². The molecule has 0 N–H and O–H groups in total. The zero-order valence-corrected chi connectivity index (χ0v) is 16.9. The molecule has 4 nitrogen and oxygen atoms in total. The van der Waals surface area contributed by atoms with Crippen LogP contribution in [-0.2, 0) is 6.54 Å². The molecule has 0 bridgehead atoms. The highest BCUT2D eigenvalue weighted by molar-refractivity contribution is 5.87. The topological polar surface area (TPSA) is 43.6 Å². The number of aromatic nitrogens is 4. The van der Waals surface area contributed by atoms with Gasteiger partial charge in [0.25, 0.3) is 0 Å². The Morgan fingerprint density at radius 3 is 2.66 bits per heavy atom. The zero-order chi connectivity index (χ0) is 19.7. The predicted molar refractivity (Wildman–Crippen MR) is 117 cm³/mol. The molecule has 0 amide bonds. The maximum absolute atomic E-state index is 4.71. The lowest BCUT2D eigenvalue weighted by Gasteiger charge is -2.33. The van der Waals surface area contributed by atoms with Crippen molar-refractivity contribution in [3.05, 3.63) is 67.3 Å². The van der Waals surface area contributed by atoms with E-state index in [2.05, 4.69) is 53.1 Å². The first-order valence-corrected chi connectivity index (χ1v) is 10.5. The fourth-order valence-electron chi connectivity index (χ4n) is 4.63. The van der Waals surface area contributed by atoms with Gasteiger partial charge in [-0.05, 0) is 36.5 Å². The highest BCUT2D eigenvalue weighted by Gasteiger charge is 2.27. The molecule has 1 aliphatic rings. The second-order valence-corrected chi connectivity index (χ2v) is 8.61. The van der Waals surface area contributed by atoms with E-state index in [-0.39, 0.29) is 0 Å². The maximum Gasteiger partial charge on any atom is 0.0782 e. The second kappa shape index (κ2) is 7.43. The molecule has 4 aromatic rings. The van der Waals surface area contributed by atoms with E-state index in [1.54, 1.807) is 0 Å². The Hall–Kier alpha value is -3.01. The van der Waals surface area contributed by atoms with Gasteiger partial charge in [0.1, 0.15) is 0 Å². The lowest BCUT2D eigenvalue weighted by Crippen LogP contribution is -2.26. The molecule has 0 unspecified atom stereocenters. The Morgan fingerprint density at radius 2 is 1.76 bits per heavy atom. The molecule has 3 aromatic heterocycles. The van der Waals surface area contributed by atoms with Crippen molar-refractivity contribution >= 4 is 10.9 Å². The lowest BCUT2D eigenvalue weighted by atomic mass is 9.76. The number of benzene rings is 1. The van der Waals surface area contributed by atoms with E-state index >= 15 is 0 Å². The summed E-state index contributed by atoms with van der Waals surface area (Å²) < 4.78 is 2.12. The van der Waals surface area contributed by atoms with Crippen molar-refractivity contribution in [3.63, 3.8) is 0 Å². The normalized spacial score (nSPS) is 16.2. The van der Waals surface area contributed by atoms with E-state index in [0.717, 1.165) is 39.8 Å². The van der Waals surface area contributed by atoms with Crippen LogP contribution < -0.4 is 0 Å². The average Bonchev–Trinajstić information content (AvgIpc) is 3.21. The third-order valence-corrected chi connectivity index (χ3v) is 6.24. The molecular formula is C25H26N4. The van der Waals surface area contributed by atoms with Gasteiger partial charge in [-0.2, -0.15) is 5.10 Å². The van der Waals surface area contributed by atoms with Gasteiger partial charge in [-0.1, -0.05) is 50.5 Å². The van der Waals surface area contributed by atoms with Crippen molar-refractivity contribution in [1.82, 2.24) is 19.7 Å². The molecule has 0 spiro atoms. The molecular weight excluding hydrogens is 356 g/mol. The Bertz CT molecular complexity index is 1140. The Labute approximate surface area is 171 Å². The zero-order valence-electron chi connectivity index (χ0n) is 16.9. The van der Waals surface area contributed by atoms with E-state index in [4.69, 9.17) is 10.1 Å². The van der Waals surface area contributed by atoms with Gasteiger partial charge in [0.15, 0.2) is 0 Å². The summed E-state index contributed by atoms with van der Waals surface area (Å²) in [5.41, 5.74) is 5.64. The highest BCUT2D eigenvalue weighted by Crippen LogP contribution is 2.38. The Kier molecular flexibility index (Phi) is 4.62. The minimum atomic E-state index is 0.364. The quantitative estimate of drug-likeness (QED) is 0.426. The van der Waals surface area contributed by atoms with Gasteiger partial charge >= 0.3 is 0 Å². The van der Waals surface area contributed by atoms with Crippen molar-refractivity contribution in [2.75, 3.05) is 0 Å². The summed E-state index contributed by atoms with van der Waals surface area (Å²) in [6.45, 7) is 3.40. The van der Waals surface area contributed by atoms with Crippen molar-refractivity contribution in [1.29, 1.82) is 0 Å². The van der Waals surface area contributed by atoms with Gasteiger partial charge in [-0.3, -0.25) is 14.6 Å². The van der Waals surface area contributed by atoms with E-state index in [1.807, 2.05) is 30.7 Å². The summed E-state index contributed by atoms with van der Waals surface area (Å²) in [6.07, 6.45) is 14.5. The Morgan fingerprint density at radius 1 is 0.931 bits per heavy atom. The first-order chi connectivity index (χ1) is 14.2. The fraction of sp³-hybridized carbons (Fsp3) is 0.320. The summed E-state index contributed by atoms with van der Waals surface area (Å²) in [5, 5.41) is 5.83. The first-order valence-electron chi connectivity index (χ1n) is 10.5. The van der Waals surface area contributed by atoms with Crippen molar-refractivity contribution in [2.24, 2.45) is 5.41 Å². The van der Waals surface area contributed by atoms with E-state index in [9.17, 15) is 0 Å². The molecule has 5 rings (SSSR count). The predicted octanol–water partition coefficient (Wildman–Crippen LogP) is 6.13. The van der Waals surface area contributed by atoms with Crippen LogP contribution in [0.4, 0.5) is 0 Å². The van der Waals surface area contributed by atoms with Crippen LogP contribution in [0.25, 0.3) is 33.3 Å². The van der Waals surface area contributed by atoms with Crippen LogP contribution in [-0.4, -0.2) is 19.7 Å². The van der Waals surface area contributed by atoms with Crippen LogP contribution in [0.2, 0.25) is 0 Å². The molecule has 146 valence electrons. The average molecular weight is 383 g/mol. The highest BCUT2D eigenvalue weighted by atomic mass is 15.3. The van der Waals surface area contributed by atoms with Crippen molar-refractivity contribution < 1.29 is 0 Å². The maximum atomic E-state index is 4.71. The number of fused-ring (bicyclic) bond motifs is 1. The monoisotopic (exact) mass is 382 g/mol. The van der Waals surface area contributed by atoms with E-state index < -0.39 is 0 Å². The number of nitrogens with zero attached hydrogens (tertiary/aromatic N) is 4. The minimum absolute atomic E-state index is 0.364. The molecule has 4 heteroatoms. The third-order valence-electron chi connectivity index (χ3n) is 6.24. The summed E-state index contributed by atoms with van der Waals surface area (Å²) in [5.74, 6) is 0. The van der Waals surface area contributed by atoms with Gasteiger partial charge in [0.2, 0.25) is 0 Å². The summed E-state index contributed by atoms with van der Waals surface area (Å²) >= 11 is 0. The standard InChI is InChI=1S/C25H26N4/c1-25(11-3-2-4-12-25)18-29-17-21(16-28-29)22-8-6-14-27-24(22)20-10-9-19-7-5-13-26-23(19)15-20/h5-10,13-17H,2-4,11-12,18H2,1H3. The molecule has 0 atom stereocenters. The molecule has 0 aliphatic heterocycles. The number of rotatable bonds is 4. The SMILES string of the molecule is CC1(Cn2cc(-c3cccnc3-c3ccc4cccnc4c3)cn2)CCCCC1. The molecule has 1 fully saturated rings. The van der Waals surface area contributed by atoms with Gasteiger partial charge < -0.3 is 0 Å². The number of hydrogen-bond donors (Lipinski definition) is 0. The number of pyridine rings is 2. The van der Waals surface area contributed by atoms with Crippen LogP contribution >= 0.6 is 0 Å². The molecule has 0 saturated heterocycles.